The van der Waals surface area contributed by atoms with E-state index in [1.54, 1.807) is 6.92 Å². The molecule has 2 aliphatic rings. The van der Waals surface area contributed by atoms with E-state index in [1.807, 2.05) is 24.3 Å². The summed E-state index contributed by atoms with van der Waals surface area (Å²) in [6.07, 6.45) is 0.0387. The lowest BCUT2D eigenvalue weighted by Crippen LogP contribution is -2.38. The van der Waals surface area contributed by atoms with Gasteiger partial charge in [0.25, 0.3) is 0 Å². The molecule has 0 heterocycles. The highest BCUT2D eigenvalue weighted by atomic mass is 16.5. The van der Waals surface area contributed by atoms with Crippen LogP contribution in [0.4, 0.5) is 4.79 Å². The Bertz CT molecular complexity index is 959. The van der Waals surface area contributed by atoms with Crippen molar-refractivity contribution in [3.63, 3.8) is 0 Å². The zero-order valence-corrected chi connectivity index (χ0v) is 17.3. The van der Waals surface area contributed by atoms with E-state index >= 15 is 0 Å². The molecule has 1 saturated carbocycles. The van der Waals surface area contributed by atoms with E-state index in [0.29, 0.717) is 13.0 Å². The van der Waals surface area contributed by atoms with Gasteiger partial charge in [-0.1, -0.05) is 55.5 Å². The van der Waals surface area contributed by atoms with Crippen molar-refractivity contribution < 1.29 is 24.2 Å². The third kappa shape index (κ3) is 4.55. The number of carboxylic acids is 1. The molecule has 7 nitrogen and oxygen atoms in total. The van der Waals surface area contributed by atoms with Crippen LogP contribution in [0.15, 0.2) is 48.5 Å². The third-order valence-electron chi connectivity index (χ3n) is 6.12. The Kier molecular flexibility index (Phi) is 5.93. The van der Waals surface area contributed by atoms with Crippen molar-refractivity contribution in [2.75, 3.05) is 19.7 Å². The van der Waals surface area contributed by atoms with E-state index in [1.165, 1.54) is 11.1 Å². The summed E-state index contributed by atoms with van der Waals surface area (Å²) < 4.78 is 5.47. The molecule has 7 heteroatoms. The Hall–Kier alpha value is -3.35. The highest BCUT2D eigenvalue weighted by Gasteiger charge is 2.43. The SMILES string of the molecule is CC(CNC(=O)OCC1c2ccccc2-c2ccccc21)C(=O)NCC1CC1C(=O)O. The third-order valence-corrected chi connectivity index (χ3v) is 6.12. The second kappa shape index (κ2) is 8.79. The largest absolute Gasteiger partial charge is 0.481 e. The predicted molar refractivity (Wildman–Crippen MR) is 114 cm³/mol. The summed E-state index contributed by atoms with van der Waals surface area (Å²) in [5.41, 5.74) is 4.62. The van der Waals surface area contributed by atoms with E-state index in [0.717, 1.165) is 11.1 Å². The van der Waals surface area contributed by atoms with Gasteiger partial charge in [-0.3, -0.25) is 9.59 Å². The number of benzene rings is 2. The van der Waals surface area contributed by atoms with Crippen molar-refractivity contribution in [1.82, 2.24) is 10.6 Å². The lowest BCUT2D eigenvalue weighted by molar-refractivity contribution is -0.139. The van der Waals surface area contributed by atoms with Crippen LogP contribution in [-0.2, 0) is 14.3 Å². The number of hydrogen-bond donors (Lipinski definition) is 3. The van der Waals surface area contributed by atoms with Crippen LogP contribution in [0, 0.1) is 17.8 Å². The van der Waals surface area contributed by atoms with Crippen LogP contribution in [-0.4, -0.2) is 42.8 Å². The number of hydrogen-bond acceptors (Lipinski definition) is 4. The smallest absolute Gasteiger partial charge is 0.407 e. The number of fused-ring (bicyclic) bond motifs is 3. The van der Waals surface area contributed by atoms with Crippen LogP contribution in [0.5, 0.6) is 0 Å². The quantitative estimate of drug-likeness (QED) is 0.607. The summed E-state index contributed by atoms with van der Waals surface area (Å²) in [5.74, 6) is -1.83. The predicted octanol–water partition coefficient (Wildman–Crippen LogP) is 3.00. The summed E-state index contributed by atoms with van der Waals surface area (Å²) >= 11 is 0. The van der Waals surface area contributed by atoms with Crippen molar-refractivity contribution in [2.24, 2.45) is 17.8 Å². The van der Waals surface area contributed by atoms with Crippen molar-refractivity contribution >= 4 is 18.0 Å². The zero-order valence-electron chi connectivity index (χ0n) is 17.3. The molecule has 1 fully saturated rings. The van der Waals surface area contributed by atoms with Gasteiger partial charge in [-0.05, 0) is 34.6 Å². The minimum absolute atomic E-state index is 0.00346. The van der Waals surface area contributed by atoms with Crippen LogP contribution in [0.3, 0.4) is 0 Å². The Morgan fingerprint density at radius 1 is 1.03 bits per heavy atom. The first-order chi connectivity index (χ1) is 15.0. The van der Waals surface area contributed by atoms with Crippen LogP contribution >= 0.6 is 0 Å². The number of carbonyl (C=O) groups excluding carboxylic acids is 2. The average molecular weight is 422 g/mol. The van der Waals surface area contributed by atoms with Crippen LogP contribution in [0.25, 0.3) is 11.1 Å². The fourth-order valence-electron chi connectivity index (χ4n) is 4.16. The van der Waals surface area contributed by atoms with E-state index in [9.17, 15) is 14.4 Å². The van der Waals surface area contributed by atoms with Crippen LogP contribution < -0.4 is 10.6 Å². The topological polar surface area (TPSA) is 105 Å². The minimum Gasteiger partial charge on any atom is -0.481 e. The van der Waals surface area contributed by atoms with Gasteiger partial charge in [0.1, 0.15) is 6.61 Å². The standard InChI is InChI=1S/C24H26N2O5/c1-14(22(27)25-12-15-10-20(15)23(28)29)11-26-24(30)31-13-21-18-8-4-2-6-16(18)17-7-3-5-9-19(17)21/h2-9,14-15,20-21H,10-13H2,1H3,(H,25,27)(H,26,30)(H,28,29). The van der Waals surface area contributed by atoms with Gasteiger partial charge in [0.05, 0.1) is 11.8 Å². The van der Waals surface area contributed by atoms with Gasteiger partial charge in [0.2, 0.25) is 5.91 Å². The van der Waals surface area contributed by atoms with Crippen molar-refractivity contribution in [3.8, 4) is 11.1 Å². The number of amides is 2. The Morgan fingerprint density at radius 3 is 2.23 bits per heavy atom. The monoisotopic (exact) mass is 422 g/mol. The normalized spacial score (nSPS) is 19.6. The van der Waals surface area contributed by atoms with Crippen molar-refractivity contribution in [1.29, 1.82) is 0 Å². The highest BCUT2D eigenvalue weighted by molar-refractivity contribution is 5.80. The summed E-state index contributed by atoms with van der Waals surface area (Å²) in [6, 6.07) is 16.2. The number of ether oxygens (including phenoxy) is 1. The molecule has 3 unspecified atom stereocenters. The van der Waals surface area contributed by atoms with Gasteiger partial charge in [-0.15, -0.1) is 0 Å². The first-order valence-electron chi connectivity index (χ1n) is 10.5. The zero-order chi connectivity index (χ0) is 22.0. The lowest BCUT2D eigenvalue weighted by Gasteiger charge is -2.16. The molecule has 3 atom stereocenters. The molecule has 2 aromatic rings. The molecular formula is C24H26N2O5. The molecule has 0 aliphatic heterocycles. The van der Waals surface area contributed by atoms with E-state index < -0.39 is 18.0 Å². The van der Waals surface area contributed by atoms with E-state index in [-0.39, 0.29) is 36.8 Å². The maximum Gasteiger partial charge on any atom is 0.407 e. The van der Waals surface area contributed by atoms with Gasteiger partial charge in [0, 0.05) is 19.0 Å². The summed E-state index contributed by atoms with van der Waals surface area (Å²) in [7, 11) is 0. The highest BCUT2D eigenvalue weighted by Crippen LogP contribution is 2.44. The Morgan fingerprint density at radius 2 is 1.65 bits per heavy atom. The molecule has 0 aromatic heterocycles. The molecule has 2 amide bonds. The molecule has 31 heavy (non-hydrogen) atoms. The Labute approximate surface area is 180 Å². The lowest BCUT2D eigenvalue weighted by atomic mass is 9.98. The Balaban J connectivity index is 1.24. The molecule has 4 rings (SSSR count). The van der Waals surface area contributed by atoms with Crippen LogP contribution in [0.1, 0.15) is 30.4 Å². The molecular weight excluding hydrogens is 396 g/mol. The van der Waals surface area contributed by atoms with E-state index in [2.05, 4.69) is 34.9 Å². The van der Waals surface area contributed by atoms with Gasteiger partial charge >= 0.3 is 12.1 Å². The fourth-order valence-corrected chi connectivity index (χ4v) is 4.16. The number of nitrogens with one attached hydrogen (secondary N) is 2. The molecule has 2 aliphatic carbocycles. The van der Waals surface area contributed by atoms with Gasteiger partial charge in [0.15, 0.2) is 0 Å². The number of carbonyl (C=O) groups is 3. The maximum atomic E-state index is 12.2. The first-order valence-corrected chi connectivity index (χ1v) is 10.5. The minimum atomic E-state index is -0.816. The molecule has 162 valence electrons. The first kappa shape index (κ1) is 20.9. The number of aliphatic carboxylic acids is 1. The molecule has 0 radical (unpaired) electrons. The summed E-state index contributed by atoms with van der Waals surface area (Å²) in [6.45, 7) is 2.43. The average Bonchev–Trinajstić information content (AvgIpc) is 3.50. The second-order valence-electron chi connectivity index (χ2n) is 8.29. The van der Waals surface area contributed by atoms with Crippen molar-refractivity contribution in [3.05, 3.63) is 59.7 Å². The molecule has 3 N–H and O–H groups in total. The molecule has 0 spiro atoms. The summed E-state index contributed by atoms with van der Waals surface area (Å²) in [4.78, 5) is 35.2. The second-order valence-corrected chi connectivity index (χ2v) is 8.29. The molecule has 0 bridgehead atoms. The van der Waals surface area contributed by atoms with E-state index in [4.69, 9.17) is 9.84 Å². The molecule has 2 aromatic carbocycles. The van der Waals surface area contributed by atoms with Gasteiger partial charge < -0.3 is 20.5 Å². The fraction of sp³-hybridized carbons (Fsp3) is 0.375. The molecule has 0 saturated heterocycles. The van der Waals surface area contributed by atoms with Gasteiger partial charge in [-0.2, -0.15) is 0 Å². The van der Waals surface area contributed by atoms with Crippen LogP contribution in [0.2, 0.25) is 0 Å². The summed E-state index contributed by atoms with van der Waals surface area (Å²) in [5, 5.41) is 14.3. The number of alkyl carbamates (subject to hydrolysis) is 1. The number of carboxylic acid groups (broad SMARTS) is 1. The number of rotatable bonds is 8. The maximum absolute atomic E-state index is 12.2. The van der Waals surface area contributed by atoms with Crippen molar-refractivity contribution in [2.45, 2.75) is 19.3 Å². The van der Waals surface area contributed by atoms with Gasteiger partial charge in [-0.25, -0.2) is 4.79 Å².